The normalized spacial score (nSPS) is 13.0. The number of hydrogen-bond acceptors (Lipinski definition) is 2. The molecule has 4 nitrogen and oxygen atoms in total. The molecule has 1 aromatic carbocycles. The van der Waals surface area contributed by atoms with Gasteiger partial charge < -0.3 is 11.1 Å². The van der Waals surface area contributed by atoms with Gasteiger partial charge in [-0.25, -0.2) is 9.98 Å². The van der Waals surface area contributed by atoms with Gasteiger partial charge in [-0.15, -0.1) is 0 Å². The average molecular weight is 358 g/mol. The fraction of sp³-hybridized carbons (Fsp3) is 0.200. The zero-order valence-corrected chi connectivity index (χ0v) is 14.1. The van der Waals surface area contributed by atoms with E-state index < -0.39 is 0 Å². The van der Waals surface area contributed by atoms with Crippen molar-refractivity contribution in [2.24, 2.45) is 10.7 Å². The van der Waals surface area contributed by atoms with E-state index >= 15 is 0 Å². The number of rotatable bonds is 4. The molecule has 0 spiro atoms. The van der Waals surface area contributed by atoms with Crippen LogP contribution in [0.5, 0.6) is 0 Å². The van der Waals surface area contributed by atoms with E-state index in [1.165, 1.54) is 0 Å². The number of nitrogens with one attached hydrogen (secondary N) is 1. The second-order valence-electron chi connectivity index (χ2n) is 4.72. The minimum Gasteiger partial charge on any atom is -0.370 e. The third kappa shape index (κ3) is 4.77. The summed E-state index contributed by atoms with van der Waals surface area (Å²) in [4.78, 5) is 8.26. The summed E-state index contributed by atoms with van der Waals surface area (Å²) in [7, 11) is 0. The second-order valence-corrected chi connectivity index (χ2v) is 5.95. The van der Waals surface area contributed by atoms with Crippen molar-refractivity contribution in [2.75, 3.05) is 0 Å². The molecule has 0 aliphatic carbocycles. The molecule has 22 heavy (non-hydrogen) atoms. The molecule has 3 N–H and O–H groups in total. The lowest BCUT2D eigenvalue weighted by molar-refractivity contribution is 0.708. The number of aliphatic imine (C=N–C) groups is 1. The zero-order chi connectivity index (χ0) is 16.1. The highest BCUT2D eigenvalue weighted by Crippen LogP contribution is 2.25. The monoisotopic (exact) mass is 356 g/mol. The smallest absolute Gasteiger partial charge is 0.189 e. The van der Waals surface area contributed by atoms with E-state index in [-0.39, 0.29) is 6.04 Å². The summed E-state index contributed by atoms with van der Waals surface area (Å²) < 4.78 is 0. The van der Waals surface area contributed by atoms with Crippen LogP contribution in [0.15, 0.2) is 41.5 Å². The van der Waals surface area contributed by atoms with E-state index in [9.17, 15) is 0 Å². The van der Waals surface area contributed by atoms with E-state index in [0.29, 0.717) is 27.7 Å². The number of benzene rings is 1. The Kier molecular flexibility index (Phi) is 5.89. The van der Waals surface area contributed by atoms with Crippen molar-refractivity contribution in [3.05, 3.63) is 62.9 Å². The zero-order valence-electron chi connectivity index (χ0n) is 11.9. The Labute approximate surface area is 144 Å². The third-order valence-electron chi connectivity index (χ3n) is 3.01. The minimum atomic E-state index is -0.0862. The predicted octanol–water partition coefficient (Wildman–Crippen LogP) is 4.21. The number of pyridine rings is 1. The molecule has 0 aliphatic heterocycles. The molecular weight excluding hydrogens is 343 g/mol. The van der Waals surface area contributed by atoms with Crippen LogP contribution < -0.4 is 11.1 Å². The maximum Gasteiger partial charge on any atom is 0.189 e. The van der Waals surface area contributed by atoms with Gasteiger partial charge in [-0.3, -0.25) is 0 Å². The standard InChI is InChI=1S/C15H15Cl3N4/c1-9(12-4-3-11(16)6-13(12)17)22-15(19)21-8-10-2-5-14(18)20-7-10/h2-7,9H,8H2,1H3,(H3,19,21,22). The van der Waals surface area contributed by atoms with E-state index in [1.807, 2.05) is 19.1 Å². The van der Waals surface area contributed by atoms with Crippen molar-refractivity contribution in [3.63, 3.8) is 0 Å². The maximum absolute atomic E-state index is 6.17. The molecule has 2 rings (SSSR count). The molecule has 116 valence electrons. The van der Waals surface area contributed by atoms with E-state index in [1.54, 1.807) is 24.4 Å². The van der Waals surface area contributed by atoms with E-state index in [2.05, 4.69) is 15.3 Å². The highest BCUT2D eigenvalue weighted by atomic mass is 35.5. The summed E-state index contributed by atoms with van der Waals surface area (Å²) in [5.74, 6) is 0.327. The first kappa shape index (κ1) is 16.9. The molecule has 0 saturated heterocycles. The molecule has 0 amide bonds. The fourth-order valence-corrected chi connectivity index (χ4v) is 2.56. The Morgan fingerprint density at radius 1 is 1.27 bits per heavy atom. The Morgan fingerprint density at radius 3 is 2.68 bits per heavy atom. The molecule has 0 fully saturated rings. The van der Waals surface area contributed by atoms with Crippen molar-refractivity contribution < 1.29 is 0 Å². The molecule has 1 atom stereocenters. The van der Waals surface area contributed by atoms with Crippen LogP contribution in [0.1, 0.15) is 24.1 Å². The first-order chi connectivity index (χ1) is 10.5. The Bertz CT molecular complexity index is 671. The highest BCUT2D eigenvalue weighted by Gasteiger charge is 2.10. The summed E-state index contributed by atoms with van der Waals surface area (Å²) in [5, 5.41) is 4.72. The lowest BCUT2D eigenvalue weighted by atomic mass is 10.1. The van der Waals surface area contributed by atoms with Gasteiger partial charge in [-0.05, 0) is 36.2 Å². The molecule has 0 aliphatic rings. The van der Waals surface area contributed by atoms with Crippen LogP contribution in [-0.2, 0) is 6.54 Å². The Morgan fingerprint density at radius 2 is 2.05 bits per heavy atom. The molecule has 0 bridgehead atoms. The molecular formula is C15H15Cl3N4. The van der Waals surface area contributed by atoms with Crippen molar-refractivity contribution in [1.29, 1.82) is 0 Å². The van der Waals surface area contributed by atoms with Crippen LogP contribution in [0.2, 0.25) is 15.2 Å². The van der Waals surface area contributed by atoms with Gasteiger partial charge in [0, 0.05) is 16.2 Å². The van der Waals surface area contributed by atoms with Gasteiger partial charge in [-0.2, -0.15) is 0 Å². The van der Waals surface area contributed by atoms with Crippen LogP contribution in [0.25, 0.3) is 0 Å². The maximum atomic E-state index is 6.17. The summed E-state index contributed by atoms with van der Waals surface area (Å²) in [5.41, 5.74) is 7.72. The third-order valence-corrected chi connectivity index (χ3v) is 3.80. The van der Waals surface area contributed by atoms with Crippen molar-refractivity contribution in [1.82, 2.24) is 10.3 Å². The first-order valence-corrected chi connectivity index (χ1v) is 7.71. The molecule has 2 aromatic rings. The number of guanidine groups is 1. The lowest BCUT2D eigenvalue weighted by Crippen LogP contribution is -2.34. The summed E-state index contributed by atoms with van der Waals surface area (Å²) in [6.45, 7) is 2.37. The van der Waals surface area contributed by atoms with Crippen LogP contribution in [0.3, 0.4) is 0 Å². The number of nitrogens with two attached hydrogens (primary N) is 1. The summed E-state index contributed by atoms with van der Waals surface area (Å²) in [6.07, 6.45) is 1.67. The second kappa shape index (κ2) is 7.68. The molecule has 0 radical (unpaired) electrons. The van der Waals surface area contributed by atoms with Crippen LogP contribution in [0, 0.1) is 0 Å². The van der Waals surface area contributed by atoms with Crippen LogP contribution in [0.4, 0.5) is 0 Å². The summed E-state index contributed by atoms with van der Waals surface area (Å²) >= 11 is 17.8. The van der Waals surface area contributed by atoms with Gasteiger partial charge >= 0.3 is 0 Å². The number of nitrogens with zero attached hydrogens (tertiary/aromatic N) is 2. The SMILES string of the molecule is CC(NC(N)=NCc1ccc(Cl)nc1)c1ccc(Cl)cc1Cl. The lowest BCUT2D eigenvalue weighted by Gasteiger charge is -2.16. The topological polar surface area (TPSA) is 63.3 Å². The van der Waals surface area contributed by atoms with Crippen molar-refractivity contribution >= 4 is 40.8 Å². The molecule has 1 heterocycles. The van der Waals surface area contributed by atoms with Gasteiger partial charge in [0.1, 0.15) is 5.15 Å². The number of halogens is 3. The Balaban J connectivity index is 1.99. The quantitative estimate of drug-likeness (QED) is 0.489. The van der Waals surface area contributed by atoms with Crippen molar-refractivity contribution in [2.45, 2.75) is 19.5 Å². The van der Waals surface area contributed by atoms with Gasteiger partial charge in [-0.1, -0.05) is 46.9 Å². The average Bonchev–Trinajstić information content (AvgIpc) is 2.46. The molecule has 7 heteroatoms. The Hall–Kier alpha value is -1.49. The van der Waals surface area contributed by atoms with Gasteiger partial charge in [0.15, 0.2) is 5.96 Å². The van der Waals surface area contributed by atoms with Crippen molar-refractivity contribution in [3.8, 4) is 0 Å². The highest BCUT2D eigenvalue weighted by molar-refractivity contribution is 6.35. The molecule has 0 saturated carbocycles. The summed E-state index contributed by atoms with van der Waals surface area (Å²) in [6, 6.07) is 8.82. The van der Waals surface area contributed by atoms with Crippen LogP contribution in [-0.4, -0.2) is 10.9 Å². The largest absolute Gasteiger partial charge is 0.370 e. The van der Waals surface area contributed by atoms with Gasteiger partial charge in [0.25, 0.3) is 0 Å². The number of aromatic nitrogens is 1. The van der Waals surface area contributed by atoms with Gasteiger partial charge in [0.2, 0.25) is 0 Å². The van der Waals surface area contributed by atoms with E-state index in [4.69, 9.17) is 40.5 Å². The van der Waals surface area contributed by atoms with Gasteiger partial charge in [0.05, 0.1) is 12.6 Å². The minimum absolute atomic E-state index is 0.0862. The molecule has 1 aromatic heterocycles. The van der Waals surface area contributed by atoms with E-state index in [0.717, 1.165) is 11.1 Å². The molecule has 1 unspecified atom stereocenters. The predicted molar refractivity (Wildman–Crippen MR) is 92.6 cm³/mol. The fourth-order valence-electron chi connectivity index (χ4n) is 1.87. The van der Waals surface area contributed by atoms with Crippen LogP contribution >= 0.6 is 34.8 Å². The first-order valence-electron chi connectivity index (χ1n) is 6.57. The number of hydrogen-bond donors (Lipinski definition) is 2.